The van der Waals surface area contributed by atoms with Gasteiger partial charge in [-0.2, -0.15) is 0 Å². The van der Waals surface area contributed by atoms with Gasteiger partial charge in [-0.1, -0.05) is 0 Å². The van der Waals surface area contributed by atoms with Crippen LogP contribution in [0.2, 0.25) is 0 Å². The van der Waals surface area contributed by atoms with Gasteiger partial charge in [0.1, 0.15) is 0 Å². The lowest BCUT2D eigenvalue weighted by Crippen LogP contribution is -2.35. The summed E-state index contributed by atoms with van der Waals surface area (Å²) in [5.41, 5.74) is 0.919. The molecule has 0 radical (unpaired) electrons. The van der Waals surface area contributed by atoms with Crippen LogP contribution in [0.1, 0.15) is 12.5 Å². The molecule has 14 heavy (non-hydrogen) atoms. The molecule has 4 heteroatoms. The first-order chi connectivity index (χ1) is 6.72. The van der Waals surface area contributed by atoms with E-state index in [0.717, 1.165) is 5.56 Å². The summed E-state index contributed by atoms with van der Waals surface area (Å²) in [5.74, 6) is -0.0854. The van der Waals surface area contributed by atoms with E-state index in [9.17, 15) is 4.79 Å². The summed E-state index contributed by atoms with van der Waals surface area (Å²) in [6.07, 6.45) is 3.63. The first-order valence-corrected chi connectivity index (χ1v) is 4.51. The highest BCUT2D eigenvalue weighted by molar-refractivity contribution is 5.78. The highest BCUT2D eigenvalue weighted by Crippen LogP contribution is 1.97. The van der Waals surface area contributed by atoms with Crippen LogP contribution < -0.4 is 5.32 Å². The zero-order valence-corrected chi connectivity index (χ0v) is 8.10. The molecule has 4 nitrogen and oxygen atoms in total. The van der Waals surface area contributed by atoms with Crippen molar-refractivity contribution in [3.63, 3.8) is 0 Å². The van der Waals surface area contributed by atoms with Crippen molar-refractivity contribution in [3.05, 3.63) is 30.1 Å². The van der Waals surface area contributed by atoms with Gasteiger partial charge < -0.3 is 10.4 Å². The van der Waals surface area contributed by atoms with Crippen LogP contribution in [0.5, 0.6) is 0 Å². The summed E-state index contributed by atoms with van der Waals surface area (Å²) in [7, 11) is 0. The van der Waals surface area contributed by atoms with Gasteiger partial charge in [0.05, 0.1) is 13.0 Å². The van der Waals surface area contributed by atoms with Crippen molar-refractivity contribution in [1.82, 2.24) is 10.3 Å². The van der Waals surface area contributed by atoms with Crippen molar-refractivity contribution in [1.29, 1.82) is 0 Å². The normalized spacial score (nSPS) is 12.1. The van der Waals surface area contributed by atoms with Crippen molar-refractivity contribution in [2.75, 3.05) is 6.61 Å². The third-order valence-electron chi connectivity index (χ3n) is 1.80. The number of aliphatic hydroxyl groups is 1. The summed E-state index contributed by atoms with van der Waals surface area (Å²) < 4.78 is 0. The van der Waals surface area contributed by atoms with E-state index in [2.05, 4.69) is 10.3 Å². The van der Waals surface area contributed by atoms with Gasteiger partial charge in [-0.25, -0.2) is 0 Å². The van der Waals surface area contributed by atoms with Gasteiger partial charge in [-0.05, 0) is 24.6 Å². The Bertz CT molecular complexity index is 287. The number of hydrogen-bond donors (Lipinski definition) is 2. The molecule has 0 bridgehead atoms. The Kier molecular flexibility index (Phi) is 4.07. The number of carbonyl (C=O) groups excluding carboxylic acids is 1. The molecule has 0 fully saturated rings. The molecule has 1 rings (SSSR count). The Hall–Kier alpha value is -1.42. The number of hydrogen-bond acceptors (Lipinski definition) is 3. The van der Waals surface area contributed by atoms with E-state index >= 15 is 0 Å². The lowest BCUT2D eigenvalue weighted by Gasteiger charge is -2.10. The Morgan fingerprint density at radius 1 is 1.57 bits per heavy atom. The van der Waals surface area contributed by atoms with Gasteiger partial charge in [0, 0.05) is 18.4 Å². The molecule has 76 valence electrons. The van der Waals surface area contributed by atoms with Crippen LogP contribution in [0.25, 0.3) is 0 Å². The fourth-order valence-corrected chi connectivity index (χ4v) is 1.06. The number of aromatic nitrogens is 1. The Balaban J connectivity index is 2.42. The number of pyridine rings is 1. The predicted octanol–water partition coefficient (Wildman–Crippen LogP) is 0.121. The molecule has 0 aliphatic rings. The molecule has 1 aromatic heterocycles. The second-order valence-electron chi connectivity index (χ2n) is 3.18. The average molecular weight is 194 g/mol. The predicted molar refractivity (Wildman–Crippen MR) is 52.6 cm³/mol. The van der Waals surface area contributed by atoms with Gasteiger partial charge in [0.25, 0.3) is 0 Å². The van der Waals surface area contributed by atoms with E-state index in [1.54, 1.807) is 31.5 Å². The quantitative estimate of drug-likeness (QED) is 0.715. The maximum atomic E-state index is 11.3. The van der Waals surface area contributed by atoms with Crippen LogP contribution in [0.15, 0.2) is 24.5 Å². The number of carbonyl (C=O) groups is 1. The first-order valence-electron chi connectivity index (χ1n) is 4.51. The van der Waals surface area contributed by atoms with Gasteiger partial charge in [0.2, 0.25) is 5.91 Å². The lowest BCUT2D eigenvalue weighted by molar-refractivity contribution is -0.121. The van der Waals surface area contributed by atoms with Gasteiger partial charge >= 0.3 is 0 Å². The summed E-state index contributed by atoms with van der Waals surface area (Å²) in [5, 5.41) is 11.4. The molecule has 0 aromatic carbocycles. The minimum absolute atomic E-state index is 0.0396. The van der Waals surface area contributed by atoms with E-state index in [0.29, 0.717) is 6.42 Å². The first kappa shape index (κ1) is 10.7. The number of amides is 1. The Morgan fingerprint density at radius 2 is 2.21 bits per heavy atom. The summed E-state index contributed by atoms with van der Waals surface area (Å²) >= 11 is 0. The summed E-state index contributed by atoms with van der Waals surface area (Å²) in [4.78, 5) is 15.2. The van der Waals surface area contributed by atoms with E-state index in [1.165, 1.54) is 0 Å². The Morgan fingerprint density at radius 3 is 2.79 bits per heavy atom. The summed E-state index contributed by atoms with van der Waals surface area (Å²) in [6.45, 7) is 1.71. The molecule has 2 N–H and O–H groups in total. The zero-order chi connectivity index (χ0) is 10.4. The average Bonchev–Trinajstić information content (AvgIpc) is 2.19. The molecule has 1 heterocycles. The fourth-order valence-electron chi connectivity index (χ4n) is 1.06. The highest BCUT2D eigenvalue weighted by Gasteiger charge is 2.06. The molecule has 0 unspecified atom stereocenters. The van der Waals surface area contributed by atoms with Crippen molar-refractivity contribution in [2.24, 2.45) is 0 Å². The van der Waals surface area contributed by atoms with Crippen LogP contribution >= 0.6 is 0 Å². The zero-order valence-electron chi connectivity index (χ0n) is 8.10. The fraction of sp³-hybridized carbons (Fsp3) is 0.400. The summed E-state index contributed by atoms with van der Waals surface area (Å²) in [6, 6.07) is 3.40. The molecule has 1 atom stereocenters. The number of nitrogens with zero attached hydrogens (tertiary/aromatic N) is 1. The molecule has 0 saturated carbocycles. The minimum atomic E-state index is -0.190. The third-order valence-corrected chi connectivity index (χ3v) is 1.80. The molecule has 1 amide bonds. The molecular weight excluding hydrogens is 180 g/mol. The lowest BCUT2D eigenvalue weighted by atomic mass is 10.2. The maximum Gasteiger partial charge on any atom is 0.224 e. The van der Waals surface area contributed by atoms with E-state index in [4.69, 9.17) is 5.11 Å². The maximum absolute atomic E-state index is 11.3. The van der Waals surface area contributed by atoms with Crippen molar-refractivity contribution < 1.29 is 9.90 Å². The van der Waals surface area contributed by atoms with Crippen LogP contribution in [-0.4, -0.2) is 28.6 Å². The highest BCUT2D eigenvalue weighted by atomic mass is 16.3. The monoisotopic (exact) mass is 194 g/mol. The molecule has 0 saturated heterocycles. The standard InChI is InChI=1S/C10H14N2O2/c1-8(7-13)12-10(14)6-9-2-4-11-5-3-9/h2-5,8,13H,6-7H2,1H3,(H,12,14)/t8-/m0/s1. The van der Waals surface area contributed by atoms with Gasteiger partial charge in [0.15, 0.2) is 0 Å². The van der Waals surface area contributed by atoms with E-state index in [-0.39, 0.29) is 18.6 Å². The van der Waals surface area contributed by atoms with E-state index in [1.807, 2.05) is 0 Å². The van der Waals surface area contributed by atoms with Crippen molar-refractivity contribution in [3.8, 4) is 0 Å². The topological polar surface area (TPSA) is 62.2 Å². The number of nitrogens with one attached hydrogen (secondary N) is 1. The number of aliphatic hydroxyl groups excluding tert-OH is 1. The Labute approximate surface area is 83.0 Å². The second kappa shape index (κ2) is 5.34. The molecule has 0 spiro atoms. The van der Waals surface area contributed by atoms with Crippen molar-refractivity contribution >= 4 is 5.91 Å². The van der Waals surface area contributed by atoms with Crippen LogP contribution in [0.4, 0.5) is 0 Å². The number of rotatable bonds is 4. The third kappa shape index (κ3) is 3.53. The largest absolute Gasteiger partial charge is 0.394 e. The molecule has 0 aliphatic heterocycles. The van der Waals surface area contributed by atoms with Crippen LogP contribution in [-0.2, 0) is 11.2 Å². The molecular formula is C10H14N2O2. The van der Waals surface area contributed by atoms with E-state index < -0.39 is 0 Å². The van der Waals surface area contributed by atoms with Crippen LogP contribution in [0.3, 0.4) is 0 Å². The second-order valence-corrected chi connectivity index (χ2v) is 3.18. The van der Waals surface area contributed by atoms with Crippen LogP contribution in [0, 0.1) is 0 Å². The van der Waals surface area contributed by atoms with Gasteiger partial charge in [-0.15, -0.1) is 0 Å². The SMILES string of the molecule is C[C@@H](CO)NC(=O)Cc1ccncc1. The van der Waals surface area contributed by atoms with Crippen molar-refractivity contribution in [2.45, 2.75) is 19.4 Å². The molecule has 1 aromatic rings. The minimum Gasteiger partial charge on any atom is -0.394 e. The smallest absolute Gasteiger partial charge is 0.224 e. The van der Waals surface area contributed by atoms with Gasteiger partial charge in [-0.3, -0.25) is 9.78 Å². The molecule has 0 aliphatic carbocycles.